The van der Waals surface area contributed by atoms with E-state index in [1.165, 1.54) is 36.7 Å². The van der Waals surface area contributed by atoms with Crippen molar-refractivity contribution in [1.82, 2.24) is 19.9 Å². The third kappa shape index (κ3) is 7.49. The summed E-state index contributed by atoms with van der Waals surface area (Å²) < 4.78 is 28.5. The Labute approximate surface area is 275 Å². The number of nitrogens with one attached hydrogen (secondary N) is 3. The summed E-state index contributed by atoms with van der Waals surface area (Å²) in [4.78, 5) is 42.2. The summed E-state index contributed by atoms with van der Waals surface area (Å²) in [6, 6.07) is 11.2. The average Bonchev–Trinajstić information content (AvgIpc) is 3.45. The number of amides is 2. The molecule has 1 saturated heterocycles. The van der Waals surface area contributed by atoms with Gasteiger partial charge in [0.25, 0.3) is 5.91 Å². The summed E-state index contributed by atoms with van der Waals surface area (Å²) in [5.41, 5.74) is 1.15. The van der Waals surface area contributed by atoms with E-state index in [1.54, 1.807) is 24.3 Å². The number of aliphatic carboxylic acids is 1. The van der Waals surface area contributed by atoms with E-state index in [2.05, 4.69) is 20.9 Å². The number of halogens is 2. The SMILES string of the molecule is N#Cc1cccc(S(=O)(=O)N2C[C@H](NC3CCC3)C[C@H]2C(=O)N[C@@H](Cc2ccc(NC(=O)c3c(Cl)cncc3Cl)cc2)C(=O)O)c1. The maximum atomic E-state index is 13.7. The van der Waals surface area contributed by atoms with Gasteiger partial charge >= 0.3 is 5.97 Å². The summed E-state index contributed by atoms with van der Waals surface area (Å²) in [5, 5.41) is 28.0. The van der Waals surface area contributed by atoms with Gasteiger partial charge in [0, 0.05) is 43.1 Å². The van der Waals surface area contributed by atoms with Crippen LogP contribution in [0.5, 0.6) is 0 Å². The number of carbonyl (C=O) groups is 3. The summed E-state index contributed by atoms with van der Waals surface area (Å²) in [5.74, 6) is -2.59. The molecule has 3 atom stereocenters. The molecule has 0 unspecified atom stereocenters. The first-order valence-corrected chi connectivity index (χ1v) is 16.7. The van der Waals surface area contributed by atoms with Crippen LogP contribution < -0.4 is 16.0 Å². The molecule has 1 saturated carbocycles. The standard InChI is InChI=1S/C31H30Cl2N6O6S/c32-24-15-35-16-25(33)28(24)30(41)37-21-9-7-18(8-10-21)12-26(31(42)43)38-29(40)27-13-22(36-20-4-2-5-20)17-39(27)46(44,45)23-6-1-3-19(11-23)14-34/h1,3,6-11,15-16,20,22,26-27,36H,2,4-5,12-13,17H2,(H,37,41)(H,38,40)(H,42,43)/t22-,26+,27+/m1/s1. The zero-order valence-corrected chi connectivity index (χ0v) is 26.6. The highest BCUT2D eigenvalue weighted by Crippen LogP contribution is 2.30. The fourth-order valence-electron chi connectivity index (χ4n) is 5.45. The van der Waals surface area contributed by atoms with Crippen LogP contribution in [0.25, 0.3) is 0 Å². The van der Waals surface area contributed by atoms with Crippen LogP contribution in [0.2, 0.25) is 10.0 Å². The number of hydrogen-bond donors (Lipinski definition) is 4. The van der Waals surface area contributed by atoms with Gasteiger partial charge in [0.1, 0.15) is 12.1 Å². The van der Waals surface area contributed by atoms with E-state index in [4.69, 9.17) is 23.2 Å². The van der Waals surface area contributed by atoms with Crippen LogP contribution in [0, 0.1) is 11.3 Å². The molecule has 240 valence electrons. The minimum atomic E-state index is -4.20. The van der Waals surface area contributed by atoms with Crippen molar-refractivity contribution in [2.24, 2.45) is 0 Å². The van der Waals surface area contributed by atoms with Gasteiger partial charge in [-0.2, -0.15) is 9.57 Å². The number of nitriles is 1. The van der Waals surface area contributed by atoms with Gasteiger partial charge in [-0.25, -0.2) is 13.2 Å². The summed E-state index contributed by atoms with van der Waals surface area (Å²) in [6.45, 7) is 0.0224. The van der Waals surface area contributed by atoms with Gasteiger partial charge < -0.3 is 21.1 Å². The minimum absolute atomic E-state index is 0.0224. The number of sulfonamides is 1. The largest absolute Gasteiger partial charge is 0.480 e. The van der Waals surface area contributed by atoms with Gasteiger partial charge in [-0.05, 0) is 55.2 Å². The first-order valence-electron chi connectivity index (χ1n) is 14.5. The zero-order valence-electron chi connectivity index (χ0n) is 24.3. The van der Waals surface area contributed by atoms with Crippen LogP contribution in [-0.2, 0) is 26.0 Å². The van der Waals surface area contributed by atoms with Crippen molar-refractivity contribution in [3.05, 3.63) is 87.7 Å². The Morgan fingerprint density at radius 3 is 2.37 bits per heavy atom. The van der Waals surface area contributed by atoms with Gasteiger partial charge in [-0.15, -0.1) is 0 Å². The van der Waals surface area contributed by atoms with Crippen molar-refractivity contribution < 1.29 is 27.9 Å². The molecule has 0 radical (unpaired) electrons. The molecule has 4 N–H and O–H groups in total. The molecule has 2 fully saturated rings. The van der Waals surface area contributed by atoms with Crippen LogP contribution >= 0.6 is 23.2 Å². The fourth-order valence-corrected chi connectivity index (χ4v) is 7.68. The van der Waals surface area contributed by atoms with Gasteiger partial charge in [0.2, 0.25) is 15.9 Å². The number of benzene rings is 2. The van der Waals surface area contributed by atoms with E-state index < -0.39 is 39.9 Å². The van der Waals surface area contributed by atoms with E-state index in [0.717, 1.165) is 23.6 Å². The number of rotatable bonds is 11. The van der Waals surface area contributed by atoms with Gasteiger partial charge in [0.15, 0.2) is 0 Å². The highest BCUT2D eigenvalue weighted by molar-refractivity contribution is 7.89. The average molecular weight is 686 g/mol. The molecule has 0 bridgehead atoms. The molecule has 5 rings (SSSR count). The predicted molar refractivity (Wildman–Crippen MR) is 170 cm³/mol. The van der Waals surface area contributed by atoms with Crippen LogP contribution in [-0.4, -0.2) is 71.3 Å². The van der Waals surface area contributed by atoms with Crippen molar-refractivity contribution >= 4 is 56.7 Å². The first-order chi connectivity index (χ1) is 22.0. The van der Waals surface area contributed by atoms with E-state index in [9.17, 15) is 33.2 Å². The summed E-state index contributed by atoms with van der Waals surface area (Å²) >= 11 is 12.1. The first kappa shape index (κ1) is 33.3. The molecule has 2 aromatic carbocycles. The zero-order chi connectivity index (χ0) is 33.0. The molecular weight excluding hydrogens is 655 g/mol. The monoisotopic (exact) mass is 684 g/mol. The van der Waals surface area contributed by atoms with Crippen LogP contribution in [0.3, 0.4) is 0 Å². The molecule has 15 heteroatoms. The molecule has 2 aliphatic rings. The predicted octanol–water partition coefficient (Wildman–Crippen LogP) is 3.60. The van der Waals surface area contributed by atoms with Crippen LogP contribution in [0.15, 0.2) is 65.8 Å². The highest BCUT2D eigenvalue weighted by atomic mass is 35.5. The second-order valence-corrected chi connectivity index (χ2v) is 13.9. The lowest BCUT2D eigenvalue weighted by Crippen LogP contribution is -2.51. The smallest absolute Gasteiger partial charge is 0.326 e. The number of anilines is 1. The second kappa shape index (κ2) is 14.1. The Kier molecular flexibility index (Phi) is 10.2. The molecule has 2 heterocycles. The molecular formula is C31H30Cl2N6O6S. The second-order valence-electron chi connectivity index (χ2n) is 11.2. The minimum Gasteiger partial charge on any atom is -0.480 e. The quantitative estimate of drug-likeness (QED) is 0.235. The Balaban J connectivity index is 1.30. The van der Waals surface area contributed by atoms with Crippen LogP contribution in [0.4, 0.5) is 5.69 Å². The third-order valence-electron chi connectivity index (χ3n) is 8.05. The lowest BCUT2D eigenvalue weighted by molar-refractivity contribution is -0.142. The number of carbonyl (C=O) groups excluding carboxylic acids is 2. The number of aromatic nitrogens is 1. The summed E-state index contributed by atoms with van der Waals surface area (Å²) in [6.07, 6.45) is 5.62. The molecule has 3 aromatic rings. The number of nitrogens with zero attached hydrogens (tertiary/aromatic N) is 3. The fraction of sp³-hybridized carbons (Fsp3) is 0.323. The van der Waals surface area contributed by atoms with Crippen LogP contribution in [0.1, 0.15) is 47.2 Å². The Bertz CT molecular complexity index is 1780. The Morgan fingerprint density at radius 2 is 1.76 bits per heavy atom. The highest BCUT2D eigenvalue weighted by Gasteiger charge is 2.45. The normalized spacial score (nSPS) is 19.1. The van der Waals surface area contributed by atoms with Gasteiger partial charge in [0.05, 0.1) is 32.1 Å². The Morgan fingerprint density at radius 1 is 1.07 bits per heavy atom. The Hall–Kier alpha value is -4.06. The number of carboxylic acid groups (broad SMARTS) is 1. The molecule has 1 aliphatic carbocycles. The molecule has 1 aromatic heterocycles. The summed E-state index contributed by atoms with van der Waals surface area (Å²) in [7, 11) is -4.20. The third-order valence-corrected chi connectivity index (χ3v) is 10.5. The number of carboxylic acids is 1. The molecule has 12 nitrogen and oxygen atoms in total. The maximum Gasteiger partial charge on any atom is 0.326 e. The van der Waals surface area contributed by atoms with Crippen molar-refractivity contribution in [3.63, 3.8) is 0 Å². The number of pyridine rings is 1. The molecule has 2 amide bonds. The van der Waals surface area contributed by atoms with Crippen molar-refractivity contribution in [2.75, 3.05) is 11.9 Å². The molecule has 1 aliphatic heterocycles. The van der Waals surface area contributed by atoms with E-state index >= 15 is 0 Å². The molecule has 46 heavy (non-hydrogen) atoms. The van der Waals surface area contributed by atoms with E-state index in [1.807, 2.05) is 6.07 Å². The van der Waals surface area contributed by atoms with Gasteiger partial charge in [-0.1, -0.05) is 47.8 Å². The van der Waals surface area contributed by atoms with E-state index in [-0.39, 0.29) is 57.5 Å². The van der Waals surface area contributed by atoms with Gasteiger partial charge in [-0.3, -0.25) is 14.6 Å². The maximum absolute atomic E-state index is 13.7. The topological polar surface area (TPSA) is 182 Å². The lowest BCUT2D eigenvalue weighted by Gasteiger charge is -2.29. The lowest BCUT2D eigenvalue weighted by atomic mass is 9.92. The molecule has 0 spiro atoms. The van der Waals surface area contributed by atoms with Crippen molar-refractivity contribution in [1.29, 1.82) is 5.26 Å². The van der Waals surface area contributed by atoms with Crippen molar-refractivity contribution in [2.45, 2.75) is 61.2 Å². The number of hydrogen-bond acceptors (Lipinski definition) is 8. The van der Waals surface area contributed by atoms with Crippen molar-refractivity contribution in [3.8, 4) is 6.07 Å². The van der Waals surface area contributed by atoms with E-state index in [0.29, 0.717) is 11.3 Å².